The third-order valence-electron chi connectivity index (χ3n) is 9.56. The van der Waals surface area contributed by atoms with Gasteiger partial charge in [-0.05, 0) is 48.7 Å². The van der Waals surface area contributed by atoms with E-state index in [1.165, 1.54) is 7.11 Å². The second-order valence-corrected chi connectivity index (χ2v) is 13.9. The average Bonchev–Trinajstić information content (AvgIpc) is 3.18. The van der Waals surface area contributed by atoms with Crippen molar-refractivity contribution < 1.29 is 38.0 Å². The average molecular weight is 789 g/mol. The minimum atomic E-state index is -1.02. The number of nitrogens with zero attached hydrogens (tertiary/aromatic N) is 6. The van der Waals surface area contributed by atoms with Gasteiger partial charge in [-0.25, -0.2) is 0 Å². The summed E-state index contributed by atoms with van der Waals surface area (Å²) >= 11 is 4.59. The number of nitrogens with one attached hydrogen (secondary N) is 2. The molecule has 2 aliphatic rings. The van der Waals surface area contributed by atoms with Crippen molar-refractivity contribution in [2.24, 2.45) is 16.1 Å². The first kappa shape index (κ1) is 43.8. The molecule has 2 saturated heterocycles. The number of amides is 1. The summed E-state index contributed by atoms with van der Waals surface area (Å²) in [6.45, 7) is 6.98. The molecule has 2 heterocycles. The Kier molecular flexibility index (Phi) is 18.0. The molecule has 19 heteroatoms. The lowest BCUT2D eigenvalue weighted by Crippen LogP contribution is -2.61. The minimum Gasteiger partial charge on any atom is -0.487 e. The molecule has 2 N–H and O–H groups in total. The van der Waals surface area contributed by atoms with Crippen LogP contribution >= 0.6 is 12.6 Å². The van der Waals surface area contributed by atoms with Crippen molar-refractivity contribution >= 4 is 24.2 Å². The van der Waals surface area contributed by atoms with Crippen LogP contribution in [0.15, 0.2) is 50.1 Å². The van der Waals surface area contributed by atoms with Crippen LogP contribution in [0.1, 0.15) is 64.9 Å². The molecule has 0 spiro atoms. The fourth-order valence-electron chi connectivity index (χ4n) is 6.54. The predicted molar refractivity (Wildman–Crippen MR) is 205 cm³/mol. The van der Waals surface area contributed by atoms with Crippen molar-refractivity contribution in [3.63, 3.8) is 0 Å². The van der Waals surface area contributed by atoms with E-state index in [4.69, 9.17) is 38.7 Å². The minimum absolute atomic E-state index is 0.0603. The molecule has 1 amide bonds. The molecular formula is C36H52N8O10S. The highest BCUT2D eigenvalue weighted by Crippen LogP contribution is 2.36. The van der Waals surface area contributed by atoms with Gasteiger partial charge in [-0.15, -0.1) is 12.6 Å². The van der Waals surface area contributed by atoms with Crippen molar-refractivity contribution in [2.45, 2.75) is 120 Å². The summed E-state index contributed by atoms with van der Waals surface area (Å²) in [5, 5.41) is 13.6. The fraction of sp³-hybridized carbons (Fsp3) is 0.694. The van der Waals surface area contributed by atoms with Gasteiger partial charge in [-0.3, -0.25) is 14.4 Å². The van der Waals surface area contributed by atoms with Gasteiger partial charge in [-0.1, -0.05) is 67.2 Å². The smallest absolute Gasteiger partial charge is 0.272 e. The Hall–Kier alpha value is -3.90. The number of rotatable bonds is 23. The fourth-order valence-corrected chi connectivity index (χ4v) is 6.89. The molecule has 0 bridgehead atoms. The first-order valence-electron chi connectivity index (χ1n) is 18.6. The number of ether oxygens (including phenoxy) is 7. The van der Waals surface area contributed by atoms with E-state index < -0.39 is 65.4 Å². The topological polar surface area (TPSA) is 237 Å². The summed E-state index contributed by atoms with van der Waals surface area (Å²) in [4.78, 5) is 42.1. The molecule has 2 aromatic rings. The van der Waals surface area contributed by atoms with E-state index in [2.05, 4.69) is 43.3 Å². The van der Waals surface area contributed by atoms with Gasteiger partial charge in [-0.2, -0.15) is 0 Å². The van der Waals surface area contributed by atoms with Gasteiger partial charge < -0.3 is 43.8 Å². The number of methoxy groups -OCH3 is 1. The van der Waals surface area contributed by atoms with Gasteiger partial charge in [0.25, 0.3) is 10.9 Å². The Balaban J connectivity index is 1.32. The zero-order valence-corrected chi connectivity index (χ0v) is 32.5. The molecule has 0 radical (unpaired) electrons. The quantitative estimate of drug-likeness (QED) is 0.0342. The zero-order valence-electron chi connectivity index (χ0n) is 31.7. The highest BCUT2D eigenvalue weighted by Gasteiger charge is 2.51. The molecule has 8 unspecified atom stereocenters. The largest absolute Gasteiger partial charge is 0.487 e. The highest BCUT2D eigenvalue weighted by molar-refractivity contribution is 7.80. The van der Waals surface area contributed by atoms with Crippen LogP contribution in [-0.2, 0) is 39.8 Å². The Morgan fingerprint density at radius 3 is 2.35 bits per heavy atom. The molecule has 0 aliphatic carbocycles. The summed E-state index contributed by atoms with van der Waals surface area (Å²) in [5.41, 5.74) is 17.5. The molecule has 18 nitrogen and oxygen atoms in total. The molecule has 2 aliphatic heterocycles. The molecule has 2 fully saturated rings. The molecule has 0 aromatic heterocycles. The van der Waals surface area contributed by atoms with Gasteiger partial charge in [0.05, 0.1) is 25.4 Å². The Labute approximate surface area is 325 Å². The molecule has 4 rings (SSSR count). The SMILES string of the molecule is CCCCOc1c(NCCNC(=O)CCCCCO[C@H]2OC(S)C(N=[N+]=[N-])C(OCc3ccccc3)C2O[C@H]2OC(C)C(N=[N+]=[N-])C(C)C2OC)c(=O)c1=O. The summed E-state index contributed by atoms with van der Waals surface area (Å²) < 4.78 is 42.7. The number of thiol groups is 1. The van der Waals surface area contributed by atoms with Crippen LogP contribution < -0.4 is 26.2 Å². The second kappa shape index (κ2) is 22.6. The normalized spacial score (nSPS) is 27.8. The van der Waals surface area contributed by atoms with Crippen LogP contribution in [0.5, 0.6) is 5.75 Å². The maximum absolute atomic E-state index is 12.4. The van der Waals surface area contributed by atoms with Gasteiger partial charge >= 0.3 is 0 Å². The van der Waals surface area contributed by atoms with E-state index in [-0.39, 0.29) is 56.0 Å². The van der Waals surface area contributed by atoms with E-state index in [0.29, 0.717) is 25.9 Å². The number of hydrogen-bond acceptors (Lipinski definition) is 14. The molecule has 0 saturated carbocycles. The number of anilines is 1. The number of carbonyl (C=O) groups is 1. The summed E-state index contributed by atoms with van der Waals surface area (Å²) in [7, 11) is 1.52. The molecule has 10 atom stereocenters. The second-order valence-electron chi connectivity index (χ2n) is 13.4. The number of carbonyl (C=O) groups excluding carboxylic acids is 1. The van der Waals surface area contributed by atoms with Crippen LogP contribution in [0.4, 0.5) is 5.69 Å². The van der Waals surface area contributed by atoms with E-state index in [1.807, 2.05) is 44.2 Å². The maximum atomic E-state index is 12.4. The third-order valence-corrected chi connectivity index (χ3v) is 9.99. The number of hydrogen-bond donors (Lipinski definition) is 3. The number of azide groups is 2. The third kappa shape index (κ3) is 12.0. The van der Waals surface area contributed by atoms with Crippen LogP contribution in [-0.4, -0.2) is 93.8 Å². The van der Waals surface area contributed by atoms with Crippen molar-refractivity contribution in [3.8, 4) is 5.75 Å². The molecular weight excluding hydrogens is 737 g/mol. The molecule has 2 aromatic carbocycles. The van der Waals surface area contributed by atoms with Crippen LogP contribution in [0.25, 0.3) is 20.9 Å². The Morgan fingerprint density at radius 1 is 0.891 bits per heavy atom. The van der Waals surface area contributed by atoms with Crippen molar-refractivity contribution in [2.75, 3.05) is 38.7 Å². The lowest BCUT2D eigenvalue weighted by atomic mass is 9.89. The van der Waals surface area contributed by atoms with Crippen molar-refractivity contribution in [3.05, 3.63) is 77.2 Å². The van der Waals surface area contributed by atoms with Crippen molar-refractivity contribution in [1.82, 2.24) is 5.32 Å². The lowest BCUT2D eigenvalue weighted by Gasteiger charge is -2.48. The van der Waals surface area contributed by atoms with Crippen LogP contribution in [0.2, 0.25) is 0 Å². The summed E-state index contributed by atoms with van der Waals surface area (Å²) in [5.74, 6) is -0.368. The van der Waals surface area contributed by atoms with Gasteiger partial charge in [0.15, 0.2) is 18.3 Å². The van der Waals surface area contributed by atoms with E-state index in [9.17, 15) is 19.9 Å². The zero-order chi connectivity index (χ0) is 39.7. The monoisotopic (exact) mass is 788 g/mol. The first-order valence-corrected chi connectivity index (χ1v) is 19.2. The lowest BCUT2D eigenvalue weighted by molar-refractivity contribution is -0.341. The Morgan fingerprint density at radius 2 is 1.64 bits per heavy atom. The Bertz CT molecular complexity index is 1670. The number of unbranched alkanes of at least 4 members (excludes halogenated alkanes) is 3. The van der Waals surface area contributed by atoms with E-state index >= 15 is 0 Å². The number of benzene rings is 1. The maximum Gasteiger partial charge on any atom is 0.272 e. The standard InChI is InChI=1S/C36H52N8O10S/c1-5-6-18-49-31-26(28(46)29(31)47)40-17-16-39-24(45)15-11-8-12-19-50-34-33(53-35-30(48-4)21(2)25(41-43-37)22(3)52-35)32(27(42-44-38)36(55)54-34)51-20-23-13-9-7-10-14-23/h7,9-10,13-14,21-22,25,27,30,32-36,40,55H,5-6,8,11-12,15-20H2,1-4H3,(H,39,45)/t21?,22?,25?,27?,30?,32?,33?,34-,35+,36?/m0/s1. The van der Waals surface area contributed by atoms with Crippen molar-refractivity contribution in [1.29, 1.82) is 0 Å². The predicted octanol–water partition coefficient (Wildman–Crippen LogP) is 4.90. The molecule has 55 heavy (non-hydrogen) atoms. The van der Waals surface area contributed by atoms with Crippen LogP contribution in [0, 0.1) is 5.92 Å². The summed E-state index contributed by atoms with van der Waals surface area (Å²) in [6, 6.07) is 8.08. The van der Waals surface area contributed by atoms with E-state index in [0.717, 1.165) is 18.4 Å². The summed E-state index contributed by atoms with van der Waals surface area (Å²) in [6.07, 6.45) is -1.17. The molecule has 302 valence electrons. The van der Waals surface area contributed by atoms with Gasteiger partial charge in [0, 0.05) is 43.1 Å². The van der Waals surface area contributed by atoms with Gasteiger partial charge in [0.2, 0.25) is 5.91 Å². The van der Waals surface area contributed by atoms with Crippen LogP contribution in [0.3, 0.4) is 0 Å². The highest BCUT2D eigenvalue weighted by atomic mass is 32.1. The van der Waals surface area contributed by atoms with E-state index in [1.54, 1.807) is 6.92 Å². The first-order chi connectivity index (χ1) is 26.6. The van der Waals surface area contributed by atoms with Gasteiger partial charge in [0.1, 0.15) is 35.5 Å².